The molecule has 0 saturated carbocycles. The Morgan fingerprint density at radius 2 is 2.00 bits per heavy atom. The first-order valence-corrected chi connectivity index (χ1v) is 6.91. The summed E-state index contributed by atoms with van der Waals surface area (Å²) >= 11 is 6.41. The molecule has 0 aromatic heterocycles. The number of carbonyl (C=O) groups is 1. The largest absolute Gasteiger partial charge is 0.504 e. The van der Waals surface area contributed by atoms with E-state index >= 15 is 0 Å². The first kappa shape index (κ1) is 13.9. The molecule has 6 heteroatoms. The molecular weight excluding hydrogens is 282 g/mol. The van der Waals surface area contributed by atoms with E-state index in [4.69, 9.17) is 12.2 Å². The highest BCUT2D eigenvalue weighted by molar-refractivity contribution is 8.26. The van der Waals surface area contributed by atoms with E-state index in [1.807, 2.05) is 13.8 Å². The maximum Gasteiger partial charge on any atom is 0.266 e. The first-order valence-electron chi connectivity index (χ1n) is 5.69. The van der Waals surface area contributed by atoms with Crippen LogP contribution in [0.25, 0.3) is 6.08 Å². The molecule has 100 valence electrons. The van der Waals surface area contributed by atoms with Gasteiger partial charge in [-0.05, 0) is 37.6 Å². The fourth-order valence-electron chi connectivity index (χ4n) is 1.71. The van der Waals surface area contributed by atoms with Gasteiger partial charge >= 0.3 is 0 Å². The fraction of sp³-hybridized carbons (Fsp3) is 0.231. The number of carbonyl (C=O) groups excluding carboxylic acids is 1. The molecule has 1 aromatic carbocycles. The first-order chi connectivity index (χ1) is 8.90. The highest BCUT2D eigenvalue weighted by Gasteiger charge is 2.33. The molecule has 2 rings (SSSR count). The van der Waals surface area contributed by atoms with Crippen LogP contribution in [0.5, 0.6) is 11.5 Å². The van der Waals surface area contributed by atoms with Gasteiger partial charge < -0.3 is 10.2 Å². The topological polar surface area (TPSA) is 60.8 Å². The summed E-state index contributed by atoms with van der Waals surface area (Å²) in [5.41, 5.74) is 0.638. The van der Waals surface area contributed by atoms with Crippen molar-refractivity contribution < 1.29 is 15.0 Å². The summed E-state index contributed by atoms with van der Waals surface area (Å²) in [6, 6.07) is 4.42. The van der Waals surface area contributed by atoms with Gasteiger partial charge in [-0.25, -0.2) is 0 Å². The lowest BCUT2D eigenvalue weighted by molar-refractivity contribution is -0.123. The Bertz CT molecular complexity index is 581. The van der Waals surface area contributed by atoms with Crippen LogP contribution in [0.15, 0.2) is 23.1 Å². The second-order valence-electron chi connectivity index (χ2n) is 4.39. The van der Waals surface area contributed by atoms with Crippen LogP contribution in [-0.4, -0.2) is 31.4 Å². The Kier molecular flexibility index (Phi) is 3.82. The molecule has 1 aliphatic heterocycles. The second-order valence-corrected chi connectivity index (χ2v) is 6.07. The van der Waals surface area contributed by atoms with Gasteiger partial charge in [0.2, 0.25) is 0 Å². The zero-order chi connectivity index (χ0) is 14.2. The van der Waals surface area contributed by atoms with Crippen molar-refractivity contribution in [2.45, 2.75) is 19.9 Å². The highest BCUT2D eigenvalue weighted by Crippen LogP contribution is 2.35. The summed E-state index contributed by atoms with van der Waals surface area (Å²) in [6.07, 6.45) is 1.65. The van der Waals surface area contributed by atoms with Crippen LogP contribution in [0.3, 0.4) is 0 Å². The van der Waals surface area contributed by atoms with Gasteiger partial charge in [0.25, 0.3) is 5.91 Å². The van der Waals surface area contributed by atoms with E-state index in [-0.39, 0.29) is 23.4 Å². The summed E-state index contributed by atoms with van der Waals surface area (Å²) in [5.74, 6) is -0.530. The van der Waals surface area contributed by atoms with E-state index < -0.39 is 0 Å². The number of thioether (sulfide) groups is 1. The third-order valence-electron chi connectivity index (χ3n) is 2.64. The van der Waals surface area contributed by atoms with Crippen molar-refractivity contribution in [2.75, 3.05) is 0 Å². The molecule has 0 bridgehead atoms. The lowest BCUT2D eigenvalue weighted by Crippen LogP contribution is -2.34. The Morgan fingerprint density at radius 3 is 2.53 bits per heavy atom. The summed E-state index contributed by atoms with van der Waals surface area (Å²) < 4.78 is 0.536. The van der Waals surface area contributed by atoms with Crippen LogP contribution in [-0.2, 0) is 4.79 Å². The minimum absolute atomic E-state index is 0.0200. The molecule has 0 atom stereocenters. The van der Waals surface area contributed by atoms with Crippen molar-refractivity contribution in [1.29, 1.82) is 0 Å². The quantitative estimate of drug-likeness (QED) is 0.499. The van der Waals surface area contributed by atoms with Crippen molar-refractivity contribution in [1.82, 2.24) is 4.90 Å². The molecule has 19 heavy (non-hydrogen) atoms. The molecule has 0 spiro atoms. The number of rotatable bonds is 2. The average molecular weight is 295 g/mol. The van der Waals surface area contributed by atoms with Gasteiger partial charge in [0.1, 0.15) is 4.32 Å². The van der Waals surface area contributed by atoms with Crippen LogP contribution in [0, 0.1) is 0 Å². The van der Waals surface area contributed by atoms with Crippen LogP contribution in [0.4, 0.5) is 0 Å². The Hall–Kier alpha value is -1.53. The molecule has 1 fully saturated rings. The normalized spacial score (nSPS) is 17.8. The van der Waals surface area contributed by atoms with Gasteiger partial charge in [0.05, 0.1) is 4.91 Å². The van der Waals surface area contributed by atoms with Crippen LogP contribution >= 0.6 is 24.0 Å². The smallest absolute Gasteiger partial charge is 0.266 e. The van der Waals surface area contributed by atoms with E-state index in [0.29, 0.717) is 14.8 Å². The van der Waals surface area contributed by atoms with Gasteiger partial charge in [-0.15, -0.1) is 0 Å². The standard InChI is InChI=1S/C13H13NO3S2/c1-7(2)14-12(17)11(19-13(14)18)6-8-3-4-9(15)10(16)5-8/h3-7,15-16H,1-2H3. The molecule has 1 heterocycles. The van der Waals surface area contributed by atoms with Crippen LogP contribution in [0.1, 0.15) is 19.4 Å². The maximum atomic E-state index is 12.2. The second kappa shape index (κ2) is 5.22. The van der Waals surface area contributed by atoms with Crippen molar-refractivity contribution in [2.24, 2.45) is 0 Å². The molecule has 1 saturated heterocycles. The number of aromatic hydroxyl groups is 2. The Balaban J connectivity index is 2.32. The number of hydrogen-bond acceptors (Lipinski definition) is 5. The minimum atomic E-state index is -0.215. The number of benzene rings is 1. The van der Waals surface area contributed by atoms with Crippen LogP contribution < -0.4 is 0 Å². The molecule has 1 aliphatic rings. The number of thiocarbonyl (C=S) groups is 1. The van der Waals surface area contributed by atoms with Crippen molar-refractivity contribution in [3.8, 4) is 11.5 Å². The van der Waals surface area contributed by atoms with Crippen molar-refractivity contribution in [3.05, 3.63) is 28.7 Å². The van der Waals surface area contributed by atoms with E-state index in [1.165, 1.54) is 23.9 Å². The molecule has 4 nitrogen and oxygen atoms in total. The Labute approximate surface area is 120 Å². The average Bonchev–Trinajstić information content (AvgIpc) is 2.59. The van der Waals surface area contributed by atoms with E-state index in [2.05, 4.69) is 0 Å². The highest BCUT2D eigenvalue weighted by atomic mass is 32.2. The lowest BCUT2D eigenvalue weighted by Gasteiger charge is -2.18. The SMILES string of the molecule is CC(C)N1C(=O)C(=Cc2ccc(O)c(O)c2)SC1=S. The van der Waals surface area contributed by atoms with Crippen molar-refractivity contribution >= 4 is 40.3 Å². The van der Waals surface area contributed by atoms with Crippen LogP contribution in [0.2, 0.25) is 0 Å². The minimum Gasteiger partial charge on any atom is -0.504 e. The van der Waals surface area contributed by atoms with Gasteiger partial charge in [0.15, 0.2) is 11.5 Å². The summed E-state index contributed by atoms with van der Waals surface area (Å²) in [5, 5.41) is 18.7. The predicted octanol–water partition coefficient (Wildman–Crippen LogP) is 2.71. The van der Waals surface area contributed by atoms with E-state index in [0.717, 1.165) is 0 Å². The molecule has 0 unspecified atom stereocenters. The fourth-order valence-corrected chi connectivity index (χ4v) is 3.23. The number of phenolic OH excluding ortho intramolecular Hbond substituents is 2. The summed E-state index contributed by atoms with van der Waals surface area (Å²) in [7, 11) is 0. The molecule has 1 aromatic rings. The molecular formula is C13H13NO3S2. The van der Waals surface area contributed by atoms with Gasteiger partial charge in [-0.2, -0.15) is 0 Å². The molecule has 0 radical (unpaired) electrons. The van der Waals surface area contributed by atoms with E-state index in [1.54, 1.807) is 17.0 Å². The van der Waals surface area contributed by atoms with Crippen molar-refractivity contribution in [3.63, 3.8) is 0 Å². The zero-order valence-electron chi connectivity index (χ0n) is 10.5. The number of amides is 1. The summed E-state index contributed by atoms with van der Waals surface area (Å²) in [4.78, 5) is 14.2. The third-order valence-corrected chi connectivity index (χ3v) is 3.97. The maximum absolute atomic E-state index is 12.2. The molecule has 0 aliphatic carbocycles. The van der Waals surface area contributed by atoms with Gasteiger partial charge in [-0.1, -0.05) is 30.0 Å². The van der Waals surface area contributed by atoms with Gasteiger partial charge in [-0.3, -0.25) is 9.69 Å². The monoisotopic (exact) mass is 295 g/mol. The van der Waals surface area contributed by atoms with Gasteiger partial charge in [0, 0.05) is 6.04 Å². The lowest BCUT2D eigenvalue weighted by atomic mass is 10.2. The molecule has 1 amide bonds. The van der Waals surface area contributed by atoms with E-state index in [9.17, 15) is 15.0 Å². The number of hydrogen-bond donors (Lipinski definition) is 2. The number of nitrogens with zero attached hydrogens (tertiary/aromatic N) is 1. The Morgan fingerprint density at radius 1 is 1.32 bits per heavy atom. The summed E-state index contributed by atoms with van der Waals surface area (Å²) in [6.45, 7) is 3.81. The zero-order valence-corrected chi connectivity index (χ0v) is 12.1. The number of phenols is 2. The molecule has 2 N–H and O–H groups in total. The third kappa shape index (κ3) is 2.74. The predicted molar refractivity (Wildman–Crippen MR) is 79.9 cm³/mol.